The molecule has 1 unspecified atom stereocenters. The molecule has 1 N–H and O–H groups in total. The number of piperidine rings is 1. The number of nitrogens with one attached hydrogen (secondary N) is 1. The monoisotopic (exact) mass is 288 g/mol. The van der Waals surface area contributed by atoms with Gasteiger partial charge >= 0.3 is 0 Å². The largest absolute Gasteiger partial charge is 0.317 e. The van der Waals surface area contributed by atoms with Gasteiger partial charge in [-0.25, -0.2) is 12.7 Å². The maximum absolute atomic E-state index is 12.7. The van der Waals surface area contributed by atoms with Gasteiger partial charge in [0.05, 0.1) is 5.25 Å². The number of rotatable bonds is 5. The molecule has 2 aliphatic rings. The SMILES string of the molecule is CCNCC1CCCN(S(=O)(=O)C2CCCCC2)C1. The van der Waals surface area contributed by atoms with Gasteiger partial charge in [0.2, 0.25) is 10.0 Å². The summed E-state index contributed by atoms with van der Waals surface area (Å²) in [4.78, 5) is 0. The Morgan fingerprint density at radius 2 is 1.84 bits per heavy atom. The van der Waals surface area contributed by atoms with Crippen LogP contribution in [0.25, 0.3) is 0 Å². The van der Waals surface area contributed by atoms with Crippen LogP contribution < -0.4 is 5.32 Å². The molecule has 4 nitrogen and oxygen atoms in total. The van der Waals surface area contributed by atoms with Gasteiger partial charge < -0.3 is 5.32 Å². The smallest absolute Gasteiger partial charge is 0.216 e. The average Bonchev–Trinajstić information content (AvgIpc) is 2.46. The lowest BCUT2D eigenvalue weighted by Crippen LogP contribution is -2.46. The van der Waals surface area contributed by atoms with Gasteiger partial charge in [0, 0.05) is 13.1 Å². The maximum atomic E-state index is 12.7. The van der Waals surface area contributed by atoms with Crippen molar-refractivity contribution >= 4 is 10.0 Å². The van der Waals surface area contributed by atoms with Crippen molar-refractivity contribution in [2.75, 3.05) is 26.2 Å². The molecule has 0 aromatic heterocycles. The van der Waals surface area contributed by atoms with E-state index in [0.29, 0.717) is 5.92 Å². The lowest BCUT2D eigenvalue weighted by atomic mass is 10.00. The van der Waals surface area contributed by atoms with Crippen LogP contribution in [-0.4, -0.2) is 44.2 Å². The molecule has 0 amide bonds. The van der Waals surface area contributed by atoms with E-state index < -0.39 is 10.0 Å². The minimum Gasteiger partial charge on any atom is -0.317 e. The van der Waals surface area contributed by atoms with Crippen molar-refractivity contribution in [1.29, 1.82) is 0 Å². The molecule has 2 rings (SSSR count). The molecule has 5 heteroatoms. The maximum Gasteiger partial charge on any atom is 0.216 e. The Hall–Kier alpha value is -0.130. The Kier molecular flexibility index (Phi) is 5.66. The van der Waals surface area contributed by atoms with Crippen molar-refractivity contribution in [3.63, 3.8) is 0 Å². The molecule has 19 heavy (non-hydrogen) atoms. The predicted molar refractivity (Wildman–Crippen MR) is 78.6 cm³/mol. The molecule has 2 fully saturated rings. The van der Waals surface area contributed by atoms with Crippen molar-refractivity contribution in [1.82, 2.24) is 9.62 Å². The van der Waals surface area contributed by atoms with Gasteiger partial charge in [0.1, 0.15) is 0 Å². The Labute approximate surface area is 118 Å². The van der Waals surface area contributed by atoms with Gasteiger partial charge in [-0.15, -0.1) is 0 Å². The van der Waals surface area contributed by atoms with E-state index in [1.807, 2.05) is 0 Å². The third kappa shape index (κ3) is 3.92. The second-order valence-corrected chi connectivity index (χ2v) is 8.19. The van der Waals surface area contributed by atoms with Crippen LogP contribution in [0.1, 0.15) is 51.9 Å². The fourth-order valence-electron chi connectivity index (χ4n) is 3.35. The first-order valence-electron chi connectivity index (χ1n) is 7.84. The van der Waals surface area contributed by atoms with Crippen LogP contribution >= 0.6 is 0 Å². The van der Waals surface area contributed by atoms with E-state index in [1.165, 1.54) is 6.42 Å². The summed E-state index contributed by atoms with van der Waals surface area (Å²) in [5.41, 5.74) is 0. The van der Waals surface area contributed by atoms with Crippen LogP contribution in [0, 0.1) is 5.92 Å². The van der Waals surface area contributed by atoms with Crippen LogP contribution in [0.3, 0.4) is 0 Å². The van der Waals surface area contributed by atoms with Gasteiger partial charge in [-0.05, 0) is 44.7 Å². The molecular weight excluding hydrogens is 260 g/mol. The fraction of sp³-hybridized carbons (Fsp3) is 1.00. The van der Waals surface area contributed by atoms with Crippen LogP contribution in [0.5, 0.6) is 0 Å². The molecule has 0 radical (unpaired) electrons. The van der Waals surface area contributed by atoms with Crippen LogP contribution in [0.4, 0.5) is 0 Å². The predicted octanol–water partition coefficient (Wildman–Crippen LogP) is 1.97. The highest BCUT2D eigenvalue weighted by Crippen LogP contribution is 2.28. The topological polar surface area (TPSA) is 49.4 Å². The molecular formula is C14H28N2O2S. The van der Waals surface area contributed by atoms with E-state index >= 15 is 0 Å². The van der Waals surface area contributed by atoms with Crippen molar-refractivity contribution in [2.45, 2.75) is 57.1 Å². The number of sulfonamides is 1. The Balaban J connectivity index is 1.95. The summed E-state index contributed by atoms with van der Waals surface area (Å²) in [5, 5.41) is 3.25. The minimum absolute atomic E-state index is 0.0980. The summed E-state index contributed by atoms with van der Waals surface area (Å²) in [7, 11) is -3.04. The first kappa shape index (κ1) is 15.3. The van der Waals surface area contributed by atoms with Gasteiger partial charge in [-0.2, -0.15) is 0 Å². The van der Waals surface area contributed by atoms with E-state index in [4.69, 9.17) is 0 Å². The summed E-state index contributed by atoms with van der Waals surface area (Å²) < 4.78 is 27.1. The summed E-state index contributed by atoms with van der Waals surface area (Å²) in [6, 6.07) is 0. The standard InChI is InChI=1S/C14H28N2O2S/c1-2-15-11-13-7-6-10-16(12-13)19(17,18)14-8-4-3-5-9-14/h13-15H,2-12H2,1H3. The second kappa shape index (κ2) is 7.04. The van der Waals surface area contributed by atoms with Crippen molar-refractivity contribution in [3.05, 3.63) is 0 Å². The first-order chi connectivity index (χ1) is 9.14. The molecule has 1 atom stereocenters. The molecule has 1 saturated heterocycles. The third-order valence-corrected chi connectivity index (χ3v) is 6.86. The van der Waals surface area contributed by atoms with E-state index in [-0.39, 0.29) is 5.25 Å². The quantitative estimate of drug-likeness (QED) is 0.841. The molecule has 1 heterocycles. The summed E-state index contributed by atoms with van der Waals surface area (Å²) >= 11 is 0. The van der Waals surface area contributed by atoms with Crippen molar-refractivity contribution < 1.29 is 8.42 Å². The zero-order chi connectivity index (χ0) is 13.7. The van der Waals surface area contributed by atoms with Crippen molar-refractivity contribution in [3.8, 4) is 0 Å². The molecule has 0 aromatic carbocycles. The molecule has 1 aliphatic heterocycles. The Morgan fingerprint density at radius 1 is 1.11 bits per heavy atom. The van der Waals surface area contributed by atoms with Crippen LogP contribution in [0.15, 0.2) is 0 Å². The first-order valence-corrected chi connectivity index (χ1v) is 9.34. The molecule has 112 valence electrons. The number of nitrogens with zero attached hydrogens (tertiary/aromatic N) is 1. The molecule has 1 aliphatic carbocycles. The summed E-state index contributed by atoms with van der Waals surface area (Å²) in [5.74, 6) is 0.493. The molecule has 0 spiro atoms. The van der Waals surface area contributed by atoms with E-state index in [0.717, 1.165) is 64.7 Å². The van der Waals surface area contributed by atoms with E-state index in [1.54, 1.807) is 4.31 Å². The summed E-state index contributed by atoms with van der Waals surface area (Å²) in [6.07, 6.45) is 7.28. The van der Waals surface area contributed by atoms with E-state index in [2.05, 4.69) is 12.2 Å². The molecule has 0 aromatic rings. The molecule has 1 saturated carbocycles. The van der Waals surface area contributed by atoms with Gasteiger partial charge in [0.25, 0.3) is 0 Å². The van der Waals surface area contributed by atoms with E-state index in [9.17, 15) is 8.42 Å². The highest BCUT2D eigenvalue weighted by atomic mass is 32.2. The van der Waals surface area contributed by atoms with Crippen molar-refractivity contribution in [2.24, 2.45) is 5.92 Å². The average molecular weight is 288 g/mol. The number of hydrogen-bond donors (Lipinski definition) is 1. The zero-order valence-corrected chi connectivity index (χ0v) is 12.9. The van der Waals surface area contributed by atoms with Crippen LogP contribution in [-0.2, 0) is 10.0 Å². The lowest BCUT2D eigenvalue weighted by molar-refractivity contribution is 0.256. The third-order valence-electron chi connectivity index (χ3n) is 4.50. The van der Waals surface area contributed by atoms with Gasteiger partial charge in [-0.1, -0.05) is 26.2 Å². The Bertz CT molecular complexity index is 364. The number of hydrogen-bond acceptors (Lipinski definition) is 3. The van der Waals surface area contributed by atoms with Gasteiger partial charge in [0.15, 0.2) is 0 Å². The second-order valence-electron chi connectivity index (χ2n) is 5.98. The lowest BCUT2D eigenvalue weighted by Gasteiger charge is -2.35. The van der Waals surface area contributed by atoms with Gasteiger partial charge in [-0.3, -0.25) is 0 Å². The highest BCUT2D eigenvalue weighted by Gasteiger charge is 2.35. The molecule has 0 bridgehead atoms. The normalized spacial score (nSPS) is 27.5. The zero-order valence-electron chi connectivity index (χ0n) is 12.1. The van der Waals surface area contributed by atoms with Crippen LogP contribution in [0.2, 0.25) is 0 Å². The highest BCUT2D eigenvalue weighted by molar-refractivity contribution is 7.89. The Morgan fingerprint density at radius 3 is 2.53 bits per heavy atom. The summed E-state index contributed by atoms with van der Waals surface area (Å²) in [6.45, 7) is 5.48. The minimum atomic E-state index is -3.04. The fourth-order valence-corrected chi connectivity index (χ4v) is 5.50.